The van der Waals surface area contributed by atoms with Crippen molar-refractivity contribution in [1.82, 2.24) is 4.90 Å². The first kappa shape index (κ1) is 22.0. The Morgan fingerprint density at radius 2 is 1.75 bits per heavy atom. The minimum Gasteiger partial charge on any atom is -0.383 e. The van der Waals surface area contributed by atoms with Crippen molar-refractivity contribution in [2.24, 2.45) is 5.92 Å². The number of nitrogens with zero attached hydrogens (tertiary/aromatic N) is 1. The van der Waals surface area contributed by atoms with Crippen molar-refractivity contribution in [3.63, 3.8) is 0 Å². The van der Waals surface area contributed by atoms with Gasteiger partial charge in [0.05, 0.1) is 12.2 Å². The number of hydrogen-bond donors (Lipinski definition) is 0. The molecule has 2 aromatic carbocycles. The van der Waals surface area contributed by atoms with E-state index in [-0.39, 0.29) is 17.6 Å². The van der Waals surface area contributed by atoms with Gasteiger partial charge in [0.15, 0.2) is 0 Å². The summed E-state index contributed by atoms with van der Waals surface area (Å²) in [6.07, 6.45) is 1.73. The van der Waals surface area contributed by atoms with Crippen LogP contribution in [0.15, 0.2) is 54.6 Å². The van der Waals surface area contributed by atoms with Gasteiger partial charge < -0.3 is 9.08 Å². The lowest BCUT2D eigenvalue weighted by molar-refractivity contribution is -0.134. The van der Waals surface area contributed by atoms with Crippen LogP contribution < -0.4 is 4.18 Å². The second kappa shape index (κ2) is 9.73. The molecule has 6 heteroatoms. The van der Waals surface area contributed by atoms with Gasteiger partial charge in [-0.1, -0.05) is 63.2 Å². The highest BCUT2D eigenvalue weighted by molar-refractivity contribution is 7.86. The Bertz CT molecular complexity index is 878. The van der Waals surface area contributed by atoms with Gasteiger partial charge in [-0.05, 0) is 35.6 Å². The molecule has 1 atom stereocenters. The van der Waals surface area contributed by atoms with Crippen LogP contribution in [0, 0.1) is 5.92 Å². The fourth-order valence-electron chi connectivity index (χ4n) is 3.22. The first-order valence-corrected chi connectivity index (χ1v) is 11.3. The molecule has 0 aliphatic carbocycles. The van der Waals surface area contributed by atoms with E-state index >= 15 is 0 Å². The Morgan fingerprint density at radius 1 is 1.07 bits per heavy atom. The summed E-state index contributed by atoms with van der Waals surface area (Å²) >= 11 is 0. The van der Waals surface area contributed by atoms with Crippen LogP contribution >= 0.6 is 0 Å². The molecule has 0 saturated heterocycles. The zero-order valence-corrected chi connectivity index (χ0v) is 17.8. The molecule has 2 aromatic rings. The summed E-state index contributed by atoms with van der Waals surface area (Å²) in [5.41, 5.74) is 1.84. The maximum absolute atomic E-state index is 13.3. The lowest BCUT2D eigenvalue weighted by Gasteiger charge is -2.29. The van der Waals surface area contributed by atoms with E-state index in [0.29, 0.717) is 25.4 Å². The molecule has 1 amide bonds. The Kier molecular flexibility index (Phi) is 7.63. The van der Waals surface area contributed by atoms with E-state index in [1.807, 2.05) is 48.2 Å². The molecule has 0 bridgehead atoms. The van der Waals surface area contributed by atoms with Crippen LogP contribution in [0.5, 0.6) is 5.75 Å². The van der Waals surface area contributed by atoms with E-state index in [1.165, 1.54) is 0 Å². The van der Waals surface area contributed by atoms with E-state index in [9.17, 15) is 13.2 Å². The quantitative estimate of drug-likeness (QED) is 0.589. The van der Waals surface area contributed by atoms with Gasteiger partial charge in [0.25, 0.3) is 0 Å². The number of carbonyl (C=O) groups is 1. The third kappa shape index (κ3) is 6.68. The molecule has 0 aromatic heterocycles. The number of carbonyl (C=O) groups excluding carboxylic acids is 1. The molecule has 1 unspecified atom stereocenters. The molecule has 0 saturated carbocycles. The summed E-state index contributed by atoms with van der Waals surface area (Å²) in [4.78, 5) is 15.2. The van der Waals surface area contributed by atoms with Gasteiger partial charge in [0, 0.05) is 13.1 Å². The highest BCUT2D eigenvalue weighted by Gasteiger charge is 2.25. The van der Waals surface area contributed by atoms with Gasteiger partial charge in [0.1, 0.15) is 5.75 Å². The first-order chi connectivity index (χ1) is 13.2. The van der Waals surface area contributed by atoms with Gasteiger partial charge in [-0.25, -0.2) is 0 Å². The van der Waals surface area contributed by atoms with E-state index in [0.717, 1.165) is 17.4 Å². The van der Waals surface area contributed by atoms with E-state index in [4.69, 9.17) is 4.18 Å². The molecular weight excluding hydrogens is 374 g/mol. The van der Waals surface area contributed by atoms with Crippen LogP contribution in [-0.2, 0) is 21.5 Å². The molecule has 152 valence electrons. The zero-order chi connectivity index (χ0) is 20.7. The predicted octanol–water partition coefficient (Wildman–Crippen LogP) is 4.20. The maximum atomic E-state index is 13.3. The fourth-order valence-corrected chi connectivity index (χ4v) is 3.68. The second-order valence-electron chi connectivity index (χ2n) is 7.42. The minimum atomic E-state index is -3.59. The van der Waals surface area contributed by atoms with E-state index in [2.05, 4.69) is 13.8 Å². The van der Waals surface area contributed by atoms with Gasteiger partial charge in [-0.15, -0.1) is 0 Å². The molecule has 28 heavy (non-hydrogen) atoms. The standard InChI is InChI=1S/C22H29NO4S/c1-5-21(19-11-7-6-8-12-19)22(24)23(15-17(2)3)16-18-10-9-13-20(14-18)27-28(4,25)26/h6-14,17,21H,5,15-16H2,1-4H3. The van der Waals surface area contributed by atoms with Crippen molar-refractivity contribution in [1.29, 1.82) is 0 Å². The molecule has 0 aliphatic heterocycles. The molecule has 0 fully saturated rings. The number of hydrogen-bond acceptors (Lipinski definition) is 4. The number of benzene rings is 2. The van der Waals surface area contributed by atoms with Crippen LogP contribution in [0.4, 0.5) is 0 Å². The average molecular weight is 404 g/mol. The van der Waals surface area contributed by atoms with Crippen molar-refractivity contribution in [2.75, 3.05) is 12.8 Å². The molecule has 2 rings (SSSR count). The smallest absolute Gasteiger partial charge is 0.306 e. The fraction of sp³-hybridized carbons (Fsp3) is 0.409. The monoisotopic (exact) mass is 403 g/mol. The van der Waals surface area contributed by atoms with Crippen molar-refractivity contribution in [2.45, 2.75) is 39.7 Å². The third-order valence-electron chi connectivity index (χ3n) is 4.32. The Hall–Kier alpha value is -2.34. The van der Waals surface area contributed by atoms with Crippen molar-refractivity contribution in [3.8, 4) is 5.75 Å². The van der Waals surface area contributed by atoms with Crippen molar-refractivity contribution >= 4 is 16.0 Å². The van der Waals surface area contributed by atoms with Crippen LogP contribution in [-0.4, -0.2) is 32.0 Å². The van der Waals surface area contributed by atoms with Crippen LogP contribution in [0.3, 0.4) is 0 Å². The van der Waals surface area contributed by atoms with Crippen molar-refractivity contribution < 1.29 is 17.4 Å². The molecule has 5 nitrogen and oxygen atoms in total. The van der Waals surface area contributed by atoms with Gasteiger partial charge >= 0.3 is 10.1 Å². The topological polar surface area (TPSA) is 63.7 Å². The van der Waals surface area contributed by atoms with Gasteiger partial charge in [-0.3, -0.25) is 4.79 Å². The Balaban J connectivity index is 2.26. The van der Waals surface area contributed by atoms with Crippen LogP contribution in [0.1, 0.15) is 44.2 Å². The van der Waals surface area contributed by atoms with Crippen molar-refractivity contribution in [3.05, 3.63) is 65.7 Å². The molecule has 0 aliphatic rings. The number of amides is 1. The molecule has 0 N–H and O–H groups in total. The molecule has 0 heterocycles. The highest BCUT2D eigenvalue weighted by atomic mass is 32.2. The highest BCUT2D eigenvalue weighted by Crippen LogP contribution is 2.24. The van der Waals surface area contributed by atoms with Crippen LogP contribution in [0.2, 0.25) is 0 Å². The van der Waals surface area contributed by atoms with Gasteiger partial charge in [0.2, 0.25) is 5.91 Å². The first-order valence-electron chi connectivity index (χ1n) is 9.51. The Morgan fingerprint density at radius 3 is 2.32 bits per heavy atom. The SMILES string of the molecule is CCC(C(=O)N(Cc1cccc(OS(C)(=O)=O)c1)CC(C)C)c1ccccc1. The minimum absolute atomic E-state index is 0.0804. The lowest BCUT2D eigenvalue weighted by atomic mass is 9.94. The lowest BCUT2D eigenvalue weighted by Crippen LogP contribution is -2.37. The molecule has 0 radical (unpaired) electrons. The summed E-state index contributed by atoms with van der Waals surface area (Å²) in [7, 11) is -3.59. The maximum Gasteiger partial charge on any atom is 0.306 e. The summed E-state index contributed by atoms with van der Waals surface area (Å²) in [5, 5.41) is 0. The van der Waals surface area contributed by atoms with Crippen LogP contribution in [0.25, 0.3) is 0 Å². The Labute approximate surface area is 168 Å². The summed E-state index contributed by atoms with van der Waals surface area (Å²) in [6.45, 7) is 7.20. The predicted molar refractivity (Wildman–Crippen MR) is 112 cm³/mol. The normalized spacial score (nSPS) is 12.6. The molecular formula is C22H29NO4S. The zero-order valence-electron chi connectivity index (χ0n) is 17.0. The average Bonchev–Trinajstić information content (AvgIpc) is 2.61. The summed E-state index contributed by atoms with van der Waals surface area (Å²) in [6, 6.07) is 16.7. The summed E-state index contributed by atoms with van der Waals surface area (Å²) in [5.74, 6) is 0.451. The van der Waals surface area contributed by atoms with Gasteiger partial charge in [-0.2, -0.15) is 8.42 Å². The van der Waals surface area contributed by atoms with E-state index in [1.54, 1.807) is 18.2 Å². The second-order valence-corrected chi connectivity index (χ2v) is 8.99. The van der Waals surface area contributed by atoms with E-state index < -0.39 is 10.1 Å². The third-order valence-corrected chi connectivity index (χ3v) is 4.82. The molecule has 0 spiro atoms. The summed E-state index contributed by atoms with van der Waals surface area (Å²) < 4.78 is 27.7. The number of rotatable bonds is 9. The largest absolute Gasteiger partial charge is 0.383 e.